The first-order valence-corrected chi connectivity index (χ1v) is 3.29. The van der Waals surface area contributed by atoms with Gasteiger partial charge in [0.05, 0.1) is 16.6 Å². The van der Waals surface area contributed by atoms with Gasteiger partial charge in [0, 0.05) is 12.4 Å². The predicted molar refractivity (Wildman–Crippen MR) is 41.5 cm³/mol. The SMILES string of the molecule is O=Cc1c[nH]c2cccnc12. The first kappa shape index (κ1) is 6.09. The summed E-state index contributed by atoms with van der Waals surface area (Å²) in [7, 11) is 0. The second-order valence-electron chi connectivity index (χ2n) is 2.26. The minimum absolute atomic E-state index is 0.612. The van der Waals surface area contributed by atoms with Crippen LogP contribution in [0.25, 0.3) is 11.0 Å². The molecule has 2 rings (SSSR count). The average Bonchev–Trinajstić information content (AvgIpc) is 2.47. The lowest BCUT2D eigenvalue weighted by atomic mass is 10.3. The molecule has 0 saturated carbocycles. The van der Waals surface area contributed by atoms with E-state index in [0.29, 0.717) is 5.56 Å². The number of H-pyrrole nitrogens is 1. The van der Waals surface area contributed by atoms with E-state index in [1.54, 1.807) is 12.4 Å². The van der Waals surface area contributed by atoms with Crippen LogP contribution in [0.5, 0.6) is 0 Å². The zero-order chi connectivity index (χ0) is 7.68. The monoisotopic (exact) mass is 146 g/mol. The van der Waals surface area contributed by atoms with E-state index in [1.807, 2.05) is 12.1 Å². The highest BCUT2D eigenvalue weighted by Crippen LogP contribution is 2.11. The Morgan fingerprint density at radius 3 is 3.27 bits per heavy atom. The minimum atomic E-state index is 0.612. The molecule has 0 aliphatic heterocycles. The Morgan fingerprint density at radius 2 is 2.45 bits per heavy atom. The molecule has 2 aromatic rings. The Kier molecular flexibility index (Phi) is 1.22. The normalized spacial score (nSPS) is 10.2. The highest BCUT2D eigenvalue weighted by molar-refractivity contribution is 5.94. The summed E-state index contributed by atoms with van der Waals surface area (Å²) in [6.45, 7) is 0. The third-order valence-corrected chi connectivity index (χ3v) is 1.59. The summed E-state index contributed by atoms with van der Waals surface area (Å²) in [5.74, 6) is 0. The largest absolute Gasteiger partial charge is 0.359 e. The number of rotatable bonds is 1. The maximum atomic E-state index is 10.4. The number of nitrogens with one attached hydrogen (secondary N) is 1. The van der Waals surface area contributed by atoms with Crippen molar-refractivity contribution in [1.29, 1.82) is 0 Å². The van der Waals surface area contributed by atoms with Crippen molar-refractivity contribution < 1.29 is 4.79 Å². The summed E-state index contributed by atoms with van der Waals surface area (Å²) < 4.78 is 0. The van der Waals surface area contributed by atoms with Crippen LogP contribution in [0.4, 0.5) is 0 Å². The van der Waals surface area contributed by atoms with Gasteiger partial charge in [0.25, 0.3) is 0 Å². The van der Waals surface area contributed by atoms with Gasteiger partial charge >= 0.3 is 0 Å². The van der Waals surface area contributed by atoms with Crippen molar-refractivity contribution in [2.45, 2.75) is 0 Å². The minimum Gasteiger partial charge on any atom is -0.359 e. The van der Waals surface area contributed by atoms with E-state index in [-0.39, 0.29) is 0 Å². The summed E-state index contributed by atoms with van der Waals surface area (Å²) in [5.41, 5.74) is 2.25. The summed E-state index contributed by atoms with van der Waals surface area (Å²) in [6.07, 6.45) is 4.12. The van der Waals surface area contributed by atoms with E-state index in [1.165, 1.54) is 0 Å². The molecule has 0 aromatic carbocycles. The van der Waals surface area contributed by atoms with Gasteiger partial charge in [0.15, 0.2) is 6.29 Å². The molecule has 2 aromatic heterocycles. The highest BCUT2D eigenvalue weighted by atomic mass is 16.1. The third-order valence-electron chi connectivity index (χ3n) is 1.59. The highest BCUT2D eigenvalue weighted by Gasteiger charge is 2.00. The van der Waals surface area contributed by atoms with Gasteiger partial charge in [-0.3, -0.25) is 9.78 Å². The fourth-order valence-electron chi connectivity index (χ4n) is 1.07. The van der Waals surface area contributed by atoms with Crippen LogP contribution in [0.15, 0.2) is 24.5 Å². The molecule has 0 aliphatic rings. The predicted octanol–water partition coefficient (Wildman–Crippen LogP) is 1.38. The number of carbonyl (C=O) groups excluding carboxylic acids is 1. The molecule has 54 valence electrons. The molecule has 0 spiro atoms. The Morgan fingerprint density at radius 1 is 1.55 bits per heavy atom. The summed E-state index contributed by atoms with van der Waals surface area (Å²) >= 11 is 0. The molecular weight excluding hydrogens is 140 g/mol. The summed E-state index contributed by atoms with van der Waals surface area (Å²) in [4.78, 5) is 17.4. The topological polar surface area (TPSA) is 45.8 Å². The number of hydrogen-bond acceptors (Lipinski definition) is 2. The van der Waals surface area contributed by atoms with Crippen LogP contribution in [-0.2, 0) is 0 Å². The second kappa shape index (κ2) is 2.20. The molecule has 0 amide bonds. The Hall–Kier alpha value is -1.64. The molecule has 11 heavy (non-hydrogen) atoms. The smallest absolute Gasteiger partial charge is 0.153 e. The molecule has 0 fully saturated rings. The Balaban J connectivity index is 2.86. The van der Waals surface area contributed by atoms with E-state index >= 15 is 0 Å². The van der Waals surface area contributed by atoms with E-state index in [9.17, 15) is 4.79 Å². The number of aromatic amines is 1. The van der Waals surface area contributed by atoms with Crippen LogP contribution in [0.3, 0.4) is 0 Å². The number of pyridine rings is 1. The molecule has 0 unspecified atom stereocenters. The van der Waals surface area contributed by atoms with Crippen LogP contribution in [-0.4, -0.2) is 16.3 Å². The summed E-state index contributed by atoms with van der Waals surface area (Å²) in [6, 6.07) is 3.71. The number of hydrogen-bond donors (Lipinski definition) is 1. The first-order chi connectivity index (χ1) is 5.42. The maximum Gasteiger partial charge on any atom is 0.153 e. The van der Waals surface area contributed by atoms with Crippen molar-refractivity contribution in [3.8, 4) is 0 Å². The van der Waals surface area contributed by atoms with Gasteiger partial charge in [-0.1, -0.05) is 0 Å². The lowest BCUT2D eigenvalue weighted by Gasteiger charge is -1.85. The quantitative estimate of drug-likeness (QED) is 0.617. The zero-order valence-corrected chi connectivity index (χ0v) is 5.74. The van der Waals surface area contributed by atoms with Crippen molar-refractivity contribution in [3.05, 3.63) is 30.1 Å². The molecule has 2 heterocycles. The number of nitrogens with zero attached hydrogens (tertiary/aromatic N) is 1. The lowest BCUT2D eigenvalue weighted by Crippen LogP contribution is -1.77. The van der Waals surface area contributed by atoms with Gasteiger partial charge in [-0.2, -0.15) is 0 Å². The molecule has 0 aliphatic carbocycles. The van der Waals surface area contributed by atoms with E-state index in [0.717, 1.165) is 17.3 Å². The van der Waals surface area contributed by atoms with Gasteiger partial charge in [-0.05, 0) is 12.1 Å². The molecule has 0 saturated heterocycles. The fourth-order valence-corrected chi connectivity index (χ4v) is 1.07. The van der Waals surface area contributed by atoms with Gasteiger partial charge in [-0.15, -0.1) is 0 Å². The standard InChI is InChI=1S/C8H6N2O/c11-5-6-4-10-7-2-1-3-9-8(6)7/h1-5,10H. The average molecular weight is 146 g/mol. The number of aldehydes is 1. The van der Waals surface area contributed by atoms with Crippen LogP contribution >= 0.6 is 0 Å². The molecule has 0 radical (unpaired) electrons. The Bertz CT molecular complexity index is 392. The van der Waals surface area contributed by atoms with E-state index < -0.39 is 0 Å². The number of fused-ring (bicyclic) bond motifs is 1. The van der Waals surface area contributed by atoms with Crippen molar-refractivity contribution >= 4 is 17.3 Å². The van der Waals surface area contributed by atoms with Gasteiger partial charge in [0.2, 0.25) is 0 Å². The van der Waals surface area contributed by atoms with Crippen LogP contribution in [0.2, 0.25) is 0 Å². The molecule has 3 heteroatoms. The molecular formula is C8H6N2O. The van der Waals surface area contributed by atoms with Crippen molar-refractivity contribution in [1.82, 2.24) is 9.97 Å². The van der Waals surface area contributed by atoms with Crippen LogP contribution in [0.1, 0.15) is 10.4 Å². The van der Waals surface area contributed by atoms with E-state index in [2.05, 4.69) is 9.97 Å². The number of aromatic nitrogens is 2. The summed E-state index contributed by atoms with van der Waals surface area (Å²) in [5, 5.41) is 0. The van der Waals surface area contributed by atoms with Crippen LogP contribution < -0.4 is 0 Å². The number of carbonyl (C=O) groups is 1. The fraction of sp³-hybridized carbons (Fsp3) is 0. The maximum absolute atomic E-state index is 10.4. The van der Waals surface area contributed by atoms with Gasteiger partial charge in [0.1, 0.15) is 0 Å². The lowest BCUT2D eigenvalue weighted by molar-refractivity contribution is 0.112. The Labute approximate surface area is 63.1 Å². The third kappa shape index (κ3) is 0.816. The van der Waals surface area contributed by atoms with Gasteiger partial charge in [-0.25, -0.2) is 0 Å². The molecule has 0 atom stereocenters. The second-order valence-corrected chi connectivity index (χ2v) is 2.26. The van der Waals surface area contributed by atoms with E-state index in [4.69, 9.17) is 0 Å². The van der Waals surface area contributed by atoms with Gasteiger partial charge < -0.3 is 4.98 Å². The molecule has 1 N–H and O–H groups in total. The van der Waals surface area contributed by atoms with Crippen molar-refractivity contribution in [2.75, 3.05) is 0 Å². The van der Waals surface area contributed by atoms with Crippen molar-refractivity contribution in [3.63, 3.8) is 0 Å². The van der Waals surface area contributed by atoms with Crippen molar-refractivity contribution in [2.24, 2.45) is 0 Å². The molecule has 0 bridgehead atoms. The zero-order valence-electron chi connectivity index (χ0n) is 5.74. The van der Waals surface area contributed by atoms with Crippen LogP contribution in [0, 0.1) is 0 Å². The first-order valence-electron chi connectivity index (χ1n) is 3.29. The molecule has 3 nitrogen and oxygen atoms in total.